The Morgan fingerprint density at radius 3 is 2.65 bits per heavy atom. The molecule has 5 nitrogen and oxygen atoms in total. The van der Waals surface area contributed by atoms with Gasteiger partial charge in [0.1, 0.15) is 11.6 Å². The summed E-state index contributed by atoms with van der Waals surface area (Å²) in [6.45, 7) is 1.98. The van der Waals surface area contributed by atoms with Crippen molar-refractivity contribution >= 4 is 23.1 Å². The van der Waals surface area contributed by atoms with Crippen LogP contribution in [-0.4, -0.2) is 15.2 Å². The summed E-state index contributed by atoms with van der Waals surface area (Å²) < 4.78 is 26.5. The molecule has 3 aromatic rings. The molecular weight excluding hydrogens is 300 g/mol. The maximum absolute atomic E-state index is 13.6. The number of benzene rings is 2. The van der Waals surface area contributed by atoms with Gasteiger partial charge in [0, 0.05) is 11.8 Å². The van der Waals surface area contributed by atoms with E-state index in [4.69, 9.17) is 0 Å². The SMILES string of the molecule is Cc1cccc(Nc2cnnc(Nc3ccc(F)cc3F)n2)c1. The van der Waals surface area contributed by atoms with Crippen LogP contribution < -0.4 is 10.6 Å². The van der Waals surface area contributed by atoms with Gasteiger partial charge in [0.25, 0.3) is 0 Å². The quantitative estimate of drug-likeness (QED) is 0.764. The largest absolute Gasteiger partial charge is 0.339 e. The normalized spacial score (nSPS) is 10.4. The highest BCUT2D eigenvalue weighted by atomic mass is 19.1. The Hall–Kier alpha value is -3.09. The fourth-order valence-electron chi connectivity index (χ4n) is 2.00. The Morgan fingerprint density at radius 1 is 1.00 bits per heavy atom. The molecule has 0 aliphatic carbocycles. The van der Waals surface area contributed by atoms with Crippen LogP contribution in [0.25, 0.3) is 0 Å². The van der Waals surface area contributed by atoms with Gasteiger partial charge in [-0.25, -0.2) is 8.78 Å². The van der Waals surface area contributed by atoms with E-state index in [1.807, 2.05) is 31.2 Å². The Labute approximate surface area is 131 Å². The van der Waals surface area contributed by atoms with Crippen LogP contribution in [0.3, 0.4) is 0 Å². The molecule has 0 aliphatic rings. The topological polar surface area (TPSA) is 62.7 Å². The predicted octanol–water partition coefficient (Wildman–Crippen LogP) is 3.95. The summed E-state index contributed by atoms with van der Waals surface area (Å²) in [6, 6.07) is 10.9. The minimum atomic E-state index is -0.731. The zero-order valence-electron chi connectivity index (χ0n) is 12.2. The molecule has 7 heteroatoms. The Kier molecular flexibility index (Phi) is 4.09. The van der Waals surface area contributed by atoms with Crippen molar-refractivity contribution in [3.8, 4) is 0 Å². The Morgan fingerprint density at radius 2 is 1.87 bits per heavy atom. The minimum absolute atomic E-state index is 0.0703. The highest BCUT2D eigenvalue weighted by Gasteiger charge is 2.07. The zero-order valence-corrected chi connectivity index (χ0v) is 12.2. The number of aryl methyl sites for hydroxylation is 1. The molecule has 0 spiro atoms. The van der Waals surface area contributed by atoms with Gasteiger partial charge in [-0.05, 0) is 36.8 Å². The molecule has 23 heavy (non-hydrogen) atoms. The zero-order chi connectivity index (χ0) is 16.2. The summed E-state index contributed by atoms with van der Waals surface area (Å²) in [6.07, 6.45) is 1.45. The number of anilines is 4. The first-order valence-electron chi connectivity index (χ1n) is 6.86. The third-order valence-electron chi connectivity index (χ3n) is 3.03. The number of hydrogen-bond acceptors (Lipinski definition) is 5. The molecule has 1 heterocycles. The fourth-order valence-corrected chi connectivity index (χ4v) is 2.00. The van der Waals surface area contributed by atoms with Crippen molar-refractivity contribution in [2.45, 2.75) is 6.92 Å². The lowest BCUT2D eigenvalue weighted by molar-refractivity contribution is 0.586. The molecule has 0 atom stereocenters. The van der Waals surface area contributed by atoms with Crippen LogP contribution in [0.2, 0.25) is 0 Å². The molecule has 0 bridgehead atoms. The number of rotatable bonds is 4. The standard InChI is InChI=1S/C16H13F2N5/c1-10-3-2-4-12(7-10)20-15-9-19-23-16(22-15)21-14-6-5-11(17)8-13(14)18/h2-9H,1H3,(H2,20,21,22,23). The third-order valence-corrected chi connectivity index (χ3v) is 3.03. The van der Waals surface area contributed by atoms with Crippen LogP contribution in [0.15, 0.2) is 48.7 Å². The molecule has 1 aromatic heterocycles. The van der Waals surface area contributed by atoms with Crippen LogP contribution in [0.5, 0.6) is 0 Å². The summed E-state index contributed by atoms with van der Waals surface area (Å²) in [5.41, 5.74) is 2.02. The van der Waals surface area contributed by atoms with E-state index in [-0.39, 0.29) is 11.6 Å². The second kappa shape index (κ2) is 6.35. The molecule has 0 fully saturated rings. The van der Waals surface area contributed by atoms with Crippen molar-refractivity contribution in [1.82, 2.24) is 15.2 Å². The number of nitrogens with zero attached hydrogens (tertiary/aromatic N) is 3. The maximum Gasteiger partial charge on any atom is 0.249 e. The number of halogens is 2. The molecule has 2 N–H and O–H groups in total. The number of hydrogen-bond donors (Lipinski definition) is 2. The Bertz CT molecular complexity index is 838. The van der Waals surface area contributed by atoms with Gasteiger partial charge >= 0.3 is 0 Å². The van der Waals surface area contributed by atoms with E-state index >= 15 is 0 Å². The van der Waals surface area contributed by atoms with E-state index < -0.39 is 11.6 Å². The van der Waals surface area contributed by atoms with Crippen molar-refractivity contribution in [2.75, 3.05) is 10.6 Å². The van der Waals surface area contributed by atoms with E-state index in [1.54, 1.807) is 0 Å². The maximum atomic E-state index is 13.6. The summed E-state index contributed by atoms with van der Waals surface area (Å²) in [7, 11) is 0. The molecular formula is C16H13F2N5. The smallest absolute Gasteiger partial charge is 0.249 e. The molecule has 0 saturated heterocycles. The molecule has 2 aromatic carbocycles. The summed E-state index contributed by atoms with van der Waals surface area (Å²) in [4.78, 5) is 4.20. The van der Waals surface area contributed by atoms with Crippen molar-refractivity contribution in [2.24, 2.45) is 0 Å². The molecule has 0 radical (unpaired) electrons. The van der Waals surface area contributed by atoms with Gasteiger partial charge in [-0.15, -0.1) is 5.10 Å². The van der Waals surface area contributed by atoms with Crippen molar-refractivity contribution < 1.29 is 8.78 Å². The Balaban J connectivity index is 1.79. The monoisotopic (exact) mass is 313 g/mol. The minimum Gasteiger partial charge on any atom is -0.339 e. The van der Waals surface area contributed by atoms with E-state index in [0.29, 0.717) is 5.82 Å². The van der Waals surface area contributed by atoms with Gasteiger partial charge in [0.05, 0.1) is 11.9 Å². The molecule has 0 amide bonds. The van der Waals surface area contributed by atoms with Gasteiger partial charge in [0.15, 0.2) is 5.82 Å². The lowest BCUT2D eigenvalue weighted by atomic mass is 10.2. The summed E-state index contributed by atoms with van der Waals surface area (Å²) in [5, 5.41) is 13.4. The van der Waals surface area contributed by atoms with Crippen LogP contribution in [-0.2, 0) is 0 Å². The van der Waals surface area contributed by atoms with E-state index in [1.165, 1.54) is 12.3 Å². The predicted molar refractivity (Wildman–Crippen MR) is 83.9 cm³/mol. The van der Waals surface area contributed by atoms with E-state index in [9.17, 15) is 8.78 Å². The van der Waals surface area contributed by atoms with Crippen LogP contribution in [0, 0.1) is 18.6 Å². The van der Waals surface area contributed by atoms with Gasteiger partial charge in [-0.2, -0.15) is 10.1 Å². The average molecular weight is 313 g/mol. The van der Waals surface area contributed by atoms with E-state index in [2.05, 4.69) is 25.8 Å². The highest BCUT2D eigenvalue weighted by Crippen LogP contribution is 2.20. The molecule has 0 unspecified atom stereocenters. The van der Waals surface area contributed by atoms with Crippen LogP contribution >= 0.6 is 0 Å². The highest BCUT2D eigenvalue weighted by molar-refractivity contribution is 5.59. The first-order chi connectivity index (χ1) is 11.1. The molecule has 116 valence electrons. The van der Waals surface area contributed by atoms with Crippen molar-refractivity contribution in [1.29, 1.82) is 0 Å². The summed E-state index contributed by atoms with van der Waals surface area (Å²) in [5.74, 6) is -0.823. The number of aromatic nitrogens is 3. The molecule has 0 aliphatic heterocycles. The summed E-state index contributed by atoms with van der Waals surface area (Å²) >= 11 is 0. The van der Waals surface area contributed by atoms with Gasteiger partial charge < -0.3 is 10.6 Å². The van der Waals surface area contributed by atoms with Gasteiger partial charge in [0.2, 0.25) is 5.95 Å². The molecule has 3 rings (SSSR count). The number of nitrogens with one attached hydrogen (secondary N) is 2. The lowest BCUT2D eigenvalue weighted by Gasteiger charge is -2.08. The van der Waals surface area contributed by atoms with Crippen LogP contribution in [0.4, 0.5) is 31.9 Å². The van der Waals surface area contributed by atoms with Crippen molar-refractivity contribution in [3.05, 3.63) is 65.9 Å². The fraction of sp³-hybridized carbons (Fsp3) is 0.0625. The van der Waals surface area contributed by atoms with E-state index in [0.717, 1.165) is 23.4 Å². The third kappa shape index (κ3) is 3.76. The van der Waals surface area contributed by atoms with Gasteiger partial charge in [-0.1, -0.05) is 12.1 Å². The lowest BCUT2D eigenvalue weighted by Crippen LogP contribution is -2.03. The first kappa shape index (κ1) is 14.8. The van der Waals surface area contributed by atoms with Gasteiger partial charge in [-0.3, -0.25) is 0 Å². The second-order valence-corrected chi connectivity index (χ2v) is 4.91. The molecule has 0 saturated carbocycles. The average Bonchev–Trinajstić information content (AvgIpc) is 2.51. The van der Waals surface area contributed by atoms with Crippen LogP contribution in [0.1, 0.15) is 5.56 Å². The first-order valence-corrected chi connectivity index (χ1v) is 6.86. The van der Waals surface area contributed by atoms with Crippen molar-refractivity contribution in [3.63, 3.8) is 0 Å². The second-order valence-electron chi connectivity index (χ2n) is 4.91.